The second-order valence-electron chi connectivity index (χ2n) is 5.99. The fraction of sp³-hybridized carbons (Fsp3) is 0.438. The van der Waals surface area contributed by atoms with Crippen molar-refractivity contribution in [2.45, 2.75) is 32.3 Å². The highest BCUT2D eigenvalue weighted by molar-refractivity contribution is 5.86. The van der Waals surface area contributed by atoms with Crippen LogP contribution in [0, 0.1) is 0 Å². The fourth-order valence-electron chi connectivity index (χ4n) is 2.31. The van der Waals surface area contributed by atoms with Crippen LogP contribution in [0.1, 0.15) is 38.0 Å². The quantitative estimate of drug-likeness (QED) is 0.890. The number of hydrogen-bond acceptors (Lipinski definition) is 3. The monoisotopic (exact) mass is 258 g/mol. The Kier molecular flexibility index (Phi) is 3.88. The molecule has 0 spiro atoms. The van der Waals surface area contributed by atoms with E-state index < -0.39 is 6.10 Å². The van der Waals surface area contributed by atoms with Crippen molar-refractivity contribution in [2.24, 2.45) is 0 Å². The maximum Gasteiger partial charge on any atom is 0.0914 e. The van der Waals surface area contributed by atoms with E-state index in [2.05, 4.69) is 37.1 Å². The minimum Gasteiger partial charge on any atom is -0.387 e. The number of nitrogens with zero attached hydrogens (tertiary/aromatic N) is 1. The van der Waals surface area contributed by atoms with Crippen molar-refractivity contribution in [1.29, 1.82) is 0 Å². The van der Waals surface area contributed by atoms with E-state index >= 15 is 0 Å². The number of aromatic nitrogens is 1. The van der Waals surface area contributed by atoms with Gasteiger partial charge in [0.25, 0.3) is 0 Å². The van der Waals surface area contributed by atoms with Gasteiger partial charge in [0.15, 0.2) is 0 Å². The van der Waals surface area contributed by atoms with Gasteiger partial charge in [-0.3, -0.25) is 4.98 Å². The number of aliphatic hydroxyl groups is 1. The van der Waals surface area contributed by atoms with E-state index in [1.54, 1.807) is 0 Å². The van der Waals surface area contributed by atoms with E-state index in [0.29, 0.717) is 6.54 Å². The molecule has 0 aliphatic rings. The maximum absolute atomic E-state index is 10.0. The second-order valence-corrected chi connectivity index (χ2v) is 5.99. The van der Waals surface area contributed by atoms with Crippen LogP contribution in [0.2, 0.25) is 0 Å². The Hall–Kier alpha value is -1.45. The zero-order valence-electron chi connectivity index (χ0n) is 12.1. The number of aliphatic hydroxyl groups excluding tert-OH is 1. The molecule has 1 aromatic carbocycles. The van der Waals surface area contributed by atoms with Crippen molar-refractivity contribution < 1.29 is 5.11 Å². The summed E-state index contributed by atoms with van der Waals surface area (Å²) in [4.78, 5) is 4.33. The topological polar surface area (TPSA) is 45.1 Å². The van der Waals surface area contributed by atoms with Crippen LogP contribution in [-0.2, 0) is 5.41 Å². The molecular formula is C16H22N2O. The third-order valence-electron chi connectivity index (χ3n) is 3.37. The predicted octanol–water partition coefficient (Wildman–Crippen LogP) is 2.79. The number of likely N-dealkylation sites (N-methyl/N-ethyl adjacent to an activating group) is 1. The normalized spacial score (nSPS) is 13.7. The molecule has 3 heteroatoms. The molecule has 2 N–H and O–H groups in total. The first kappa shape index (κ1) is 14.0. The Morgan fingerprint density at radius 2 is 2.00 bits per heavy atom. The van der Waals surface area contributed by atoms with Crippen LogP contribution in [-0.4, -0.2) is 23.7 Å². The molecule has 0 aliphatic heterocycles. The van der Waals surface area contributed by atoms with Crippen LogP contribution in [0.25, 0.3) is 10.8 Å². The molecule has 0 bridgehead atoms. The van der Waals surface area contributed by atoms with Gasteiger partial charge in [-0.25, -0.2) is 0 Å². The Balaban J connectivity index is 2.51. The summed E-state index contributed by atoms with van der Waals surface area (Å²) >= 11 is 0. The largest absolute Gasteiger partial charge is 0.387 e. The summed E-state index contributed by atoms with van der Waals surface area (Å²) in [6, 6.07) is 6.12. The lowest BCUT2D eigenvalue weighted by Gasteiger charge is -2.21. The predicted molar refractivity (Wildman–Crippen MR) is 79.3 cm³/mol. The average Bonchev–Trinajstić information content (AvgIpc) is 2.36. The molecule has 19 heavy (non-hydrogen) atoms. The molecular weight excluding hydrogens is 236 g/mol. The summed E-state index contributed by atoms with van der Waals surface area (Å²) in [5, 5.41) is 15.3. The summed E-state index contributed by atoms with van der Waals surface area (Å²) in [6.07, 6.45) is 3.32. The molecule has 1 heterocycles. The highest BCUT2D eigenvalue weighted by atomic mass is 16.3. The molecule has 2 rings (SSSR count). The molecule has 1 unspecified atom stereocenters. The molecule has 0 saturated heterocycles. The third-order valence-corrected chi connectivity index (χ3v) is 3.37. The van der Waals surface area contributed by atoms with Crippen LogP contribution in [0.15, 0.2) is 30.6 Å². The standard InChI is InChI=1S/C16H22N2O/c1-16(2,3)14-9-18-8-12-7-11(5-6-13(12)14)15(19)10-17-4/h5-9,15,17,19H,10H2,1-4H3. The lowest BCUT2D eigenvalue weighted by Crippen LogP contribution is -2.16. The van der Waals surface area contributed by atoms with E-state index in [1.807, 2.05) is 31.6 Å². The molecule has 102 valence electrons. The number of pyridine rings is 1. The summed E-state index contributed by atoms with van der Waals surface area (Å²) < 4.78 is 0. The van der Waals surface area contributed by atoms with E-state index in [0.717, 1.165) is 10.9 Å². The van der Waals surface area contributed by atoms with Crippen LogP contribution in [0.3, 0.4) is 0 Å². The molecule has 0 aliphatic carbocycles. The van der Waals surface area contributed by atoms with Crippen molar-refractivity contribution in [3.8, 4) is 0 Å². The van der Waals surface area contributed by atoms with Crippen molar-refractivity contribution in [2.75, 3.05) is 13.6 Å². The lowest BCUT2D eigenvalue weighted by molar-refractivity contribution is 0.178. The van der Waals surface area contributed by atoms with Gasteiger partial charge < -0.3 is 10.4 Å². The summed E-state index contributed by atoms with van der Waals surface area (Å²) in [5.74, 6) is 0. The molecule has 0 amide bonds. The smallest absolute Gasteiger partial charge is 0.0914 e. The number of benzene rings is 1. The second kappa shape index (κ2) is 5.27. The Labute approximate surface area is 114 Å². The Morgan fingerprint density at radius 3 is 2.63 bits per heavy atom. The zero-order chi connectivity index (χ0) is 14.0. The molecule has 0 radical (unpaired) electrons. The van der Waals surface area contributed by atoms with Crippen LogP contribution >= 0.6 is 0 Å². The minimum atomic E-state index is -0.479. The third kappa shape index (κ3) is 2.94. The van der Waals surface area contributed by atoms with Crippen molar-refractivity contribution in [1.82, 2.24) is 10.3 Å². The molecule has 3 nitrogen and oxygen atoms in total. The van der Waals surface area contributed by atoms with Crippen LogP contribution in [0.5, 0.6) is 0 Å². The minimum absolute atomic E-state index is 0.0671. The van der Waals surface area contributed by atoms with Crippen molar-refractivity contribution in [3.63, 3.8) is 0 Å². The first-order valence-corrected chi connectivity index (χ1v) is 6.64. The van der Waals surface area contributed by atoms with E-state index in [4.69, 9.17) is 0 Å². The van der Waals surface area contributed by atoms with E-state index in [1.165, 1.54) is 10.9 Å². The number of fused-ring (bicyclic) bond motifs is 1. The van der Waals surface area contributed by atoms with Gasteiger partial charge in [0.05, 0.1) is 6.10 Å². The van der Waals surface area contributed by atoms with E-state index in [9.17, 15) is 5.11 Å². The fourth-order valence-corrected chi connectivity index (χ4v) is 2.31. The number of nitrogens with one attached hydrogen (secondary N) is 1. The Bertz CT molecular complexity index is 572. The highest BCUT2D eigenvalue weighted by Crippen LogP contribution is 2.30. The van der Waals surface area contributed by atoms with Crippen molar-refractivity contribution >= 4 is 10.8 Å². The molecule has 2 aromatic rings. The molecule has 1 aromatic heterocycles. The zero-order valence-corrected chi connectivity index (χ0v) is 12.1. The summed E-state index contributed by atoms with van der Waals surface area (Å²) in [5.41, 5.74) is 2.23. The molecule has 0 saturated carbocycles. The van der Waals surface area contributed by atoms with Gasteiger partial charge in [-0.05, 0) is 35.0 Å². The van der Waals surface area contributed by atoms with Gasteiger partial charge in [-0.15, -0.1) is 0 Å². The average molecular weight is 258 g/mol. The number of rotatable bonds is 3. The van der Waals surface area contributed by atoms with Crippen molar-refractivity contribution in [3.05, 3.63) is 41.7 Å². The van der Waals surface area contributed by atoms with Gasteiger partial charge in [0.1, 0.15) is 0 Å². The Morgan fingerprint density at radius 1 is 1.26 bits per heavy atom. The summed E-state index contributed by atoms with van der Waals surface area (Å²) in [7, 11) is 1.84. The van der Waals surface area contributed by atoms with Gasteiger partial charge in [-0.2, -0.15) is 0 Å². The molecule has 0 fully saturated rings. The first-order valence-electron chi connectivity index (χ1n) is 6.64. The van der Waals surface area contributed by atoms with Gasteiger partial charge in [-0.1, -0.05) is 32.9 Å². The molecule has 1 atom stereocenters. The van der Waals surface area contributed by atoms with Gasteiger partial charge in [0.2, 0.25) is 0 Å². The maximum atomic E-state index is 10.0. The number of hydrogen-bond donors (Lipinski definition) is 2. The lowest BCUT2D eigenvalue weighted by atomic mass is 9.85. The first-order chi connectivity index (χ1) is 8.93. The SMILES string of the molecule is CNCC(O)c1ccc2c(C(C)(C)C)cncc2c1. The van der Waals surface area contributed by atoms with Crippen LogP contribution in [0.4, 0.5) is 0 Å². The highest BCUT2D eigenvalue weighted by Gasteiger charge is 2.17. The van der Waals surface area contributed by atoms with Gasteiger partial charge in [0, 0.05) is 24.3 Å². The summed E-state index contributed by atoms with van der Waals surface area (Å²) in [6.45, 7) is 7.12. The van der Waals surface area contributed by atoms with E-state index in [-0.39, 0.29) is 5.41 Å². The van der Waals surface area contributed by atoms with Crippen LogP contribution < -0.4 is 5.32 Å². The van der Waals surface area contributed by atoms with Gasteiger partial charge >= 0.3 is 0 Å².